The van der Waals surface area contributed by atoms with E-state index in [0.29, 0.717) is 12.8 Å². The van der Waals surface area contributed by atoms with Crippen molar-refractivity contribution in [1.29, 1.82) is 0 Å². The van der Waals surface area contributed by atoms with Crippen LogP contribution in [0, 0.1) is 5.92 Å². The number of carbonyl (C=O) groups is 1. The SMILES string of the molecule is NC(C(=O)O)C1CC(F)C1. The summed E-state index contributed by atoms with van der Waals surface area (Å²) in [5.74, 6) is -1.18. The van der Waals surface area contributed by atoms with Gasteiger partial charge in [-0.1, -0.05) is 0 Å². The van der Waals surface area contributed by atoms with Crippen LogP contribution in [0.1, 0.15) is 12.8 Å². The Bertz CT molecular complexity index is 145. The Hall–Kier alpha value is -0.640. The van der Waals surface area contributed by atoms with Crippen molar-refractivity contribution >= 4 is 5.97 Å². The summed E-state index contributed by atoms with van der Waals surface area (Å²) in [6.07, 6.45) is -0.198. The Morgan fingerprint density at radius 1 is 1.70 bits per heavy atom. The molecule has 4 heteroatoms. The molecule has 0 aromatic rings. The van der Waals surface area contributed by atoms with E-state index in [4.69, 9.17) is 10.8 Å². The second-order valence-electron chi connectivity index (χ2n) is 2.69. The molecular weight excluding hydrogens is 137 g/mol. The van der Waals surface area contributed by atoms with Crippen LogP contribution in [0.2, 0.25) is 0 Å². The molecular formula is C6H10FNO2. The van der Waals surface area contributed by atoms with Crippen LogP contribution in [0.5, 0.6) is 0 Å². The van der Waals surface area contributed by atoms with Crippen molar-refractivity contribution in [3.05, 3.63) is 0 Å². The Morgan fingerprint density at radius 3 is 2.50 bits per heavy atom. The van der Waals surface area contributed by atoms with Gasteiger partial charge in [0.15, 0.2) is 0 Å². The molecule has 1 atom stereocenters. The Balaban J connectivity index is 2.31. The summed E-state index contributed by atoms with van der Waals surface area (Å²) in [6.45, 7) is 0. The Morgan fingerprint density at radius 2 is 2.20 bits per heavy atom. The summed E-state index contributed by atoms with van der Waals surface area (Å²) in [5, 5.41) is 8.36. The number of halogens is 1. The van der Waals surface area contributed by atoms with Gasteiger partial charge in [0.05, 0.1) is 0 Å². The summed E-state index contributed by atoms with van der Waals surface area (Å²) in [5.41, 5.74) is 5.22. The number of nitrogens with two attached hydrogens (primary N) is 1. The fourth-order valence-corrected chi connectivity index (χ4v) is 1.08. The largest absolute Gasteiger partial charge is 0.480 e. The number of aliphatic carboxylic acids is 1. The van der Waals surface area contributed by atoms with E-state index in [1.54, 1.807) is 0 Å². The quantitative estimate of drug-likeness (QED) is 0.584. The molecule has 0 heterocycles. The smallest absolute Gasteiger partial charge is 0.320 e. The first kappa shape index (κ1) is 7.47. The van der Waals surface area contributed by atoms with E-state index in [0.717, 1.165) is 0 Å². The predicted molar refractivity (Wildman–Crippen MR) is 33.2 cm³/mol. The van der Waals surface area contributed by atoms with Crippen molar-refractivity contribution in [1.82, 2.24) is 0 Å². The zero-order valence-electron chi connectivity index (χ0n) is 5.46. The van der Waals surface area contributed by atoms with Crippen molar-refractivity contribution in [2.24, 2.45) is 11.7 Å². The van der Waals surface area contributed by atoms with Gasteiger partial charge >= 0.3 is 5.97 Å². The summed E-state index contributed by atoms with van der Waals surface area (Å²) in [6, 6.07) is -0.869. The Labute approximate surface area is 58.0 Å². The van der Waals surface area contributed by atoms with E-state index >= 15 is 0 Å². The number of rotatable bonds is 2. The Kier molecular flexibility index (Phi) is 1.89. The van der Waals surface area contributed by atoms with Crippen molar-refractivity contribution in [3.8, 4) is 0 Å². The molecule has 10 heavy (non-hydrogen) atoms. The lowest BCUT2D eigenvalue weighted by atomic mass is 9.78. The topological polar surface area (TPSA) is 63.3 Å². The van der Waals surface area contributed by atoms with Crippen LogP contribution in [-0.4, -0.2) is 23.3 Å². The van der Waals surface area contributed by atoms with E-state index in [2.05, 4.69) is 0 Å². The third-order valence-corrected chi connectivity index (χ3v) is 1.91. The summed E-state index contributed by atoms with van der Waals surface area (Å²) >= 11 is 0. The molecule has 1 fully saturated rings. The molecule has 0 aromatic carbocycles. The third-order valence-electron chi connectivity index (χ3n) is 1.91. The average molecular weight is 147 g/mol. The van der Waals surface area contributed by atoms with Gasteiger partial charge in [-0.2, -0.15) is 0 Å². The maximum atomic E-state index is 12.1. The number of carboxylic acid groups (broad SMARTS) is 1. The highest BCUT2D eigenvalue weighted by atomic mass is 19.1. The molecule has 0 bridgehead atoms. The zero-order chi connectivity index (χ0) is 7.72. The van der Waals surface area contributed by atoms with Gasteiger partial charge in [0.2, 0.25) is 0 Å². The van der Waals surface area contributed by atoms with Crippen molar-refractivity contribution in [2.75, 3.05) is 0 Å². The van der Waals surface area contributed by atoms with E-state index < -0.39 is 18.2 Å². The standard InChI is InChI=1S/C6H10FNO2/c7-4-1-3(2-4)5(8)6(9)10/h3-5H,1-2,8H2,(H,9,10). The van der Waals surface area contributed by atoms with Gasteiger partial charge in [-0.05, 0) is 18.8 Å². The molecule has 3 nitrogen and oxygen atoms in total. The highest BCUT2D eigenvalue weighted by molar-refractivity contribution is 5.73. The van der Waals surface area contributed by atoms with Gasteiger partial charge in [-0.25, -0.2) is 4.39 Å². The molecule has 0 aromatic heterocycles. The normalized spacial score (nSPS) is 34.6. The highest BCUT2D eigenvalue weighted by Gasteiger charge is 2.36. The van der Waals surface area contributed by atoms with Crippen molar-refractivity contribution < 1.29 is 14.3 Å². The number of hydrogen-bond donors (Lipinski definition) is 2. The molecule has 0 aliphatic heterocycles. The molecule has 0 amide bonds. The van der Waals surface area contributed by atoms with Crippen LogP contribution in [0.4, 0.5) is 4.39 Å². The van der Waals surface area contributed by atoms with Crippen molar-refractivity contribution in [2.45, 2.75) is 25.1 Å². The summed E-state index contributed by atoms with van der Waals surface area (Å²) in [4.78, 5) is 10.2. The number of hydrogen-bond acceptors (Lipinski definition) is 2. The first-order valence-corrected chi connectivity index (χ1v) is 3.23. The molecule has 1 saturated carbocycles. The fraction of sp³-hybridized carbons (Fsp3) is 0.833. The predicted octanol–water partition coefficient (Wildman–Crippen LogP) is 0.146. The molecule has 1 unspecified atom stereocenters. The van der Waals surface area contributed by atoms with Crippen molar-refractivity contribution in [3.63, 3.8) is 0 Å². The lowest BCUT2D eigenvalue weighted by molar-refractivity contribution is -0.141. The lowest BCUT2D eigenvalue weighted by Crippen LogP contribution is -2.45. The minimum Gasteiger partial charge on any atom is -0.480 e. The van der Waals surface area contributed by atoms with Gasteiger partial charge in [-0.15, -0.1) is 0 Å². The first-order valence-electron chi connectivity index (χ1n) is 3.23. The van der Waals surface area contributed by atoms with Crippen LogP contribution in [-0.2, 0) is 4.79 Å². The molecule has 58 valence electrons. The van der Waals surface area contributed by atoms with Crippen LogP contribution in [0.25, 0.3) is 0 Å². The molecule has 0 radical (unpaired) electrons. The van der Waals surface area contributed by atoms with Crippen LogP contribution >= 0.6 is 0 Å². The summed E-state index contributed by atoms with van der Waals surface area (Å²) in [7, 11) is 0. The zero-order valence-corrected chi connectivity index (χ0v) is 5.46. The molecule has 3 N–H and O–H groups in total. The number of alkyl halides is 1. The molecule has 0 saturated heterocycles. The minimum atomic E-state index is -1.03. The van der Waals surface area contributed by atoms with Gasteiger partial charge < -0.3 is 10.8 Å². The average Bonchev–Trinajstić information content (AvgIpc) is 1.79. The van der Waals surface area contributed by atoms with Gasteiger partial charge in [0.1, 0.15) is 12.2 Å². The molecule has 1 aliphatic carbocycles. The minimum absolute atomic E-state index is 0.146. The van der Waals surface area contributed by atoms with Gasteiger partial charge in [0.25, 0.3) is 0 Å². The second-order valence-corrected chi connectivity index (χ2v) is 2.69. The highest BCUT2D eigenvalue weighted by Crippen LogP contribution is 2.31. The molecule has 1 rings (SSSR count). The maximum Gasteiger partial charge on any atom is 0.320 e. The van der Waals surface area contributed by atoms with Gasteiger partial charge in [-0.3, -0.25) is 4.79 Å². The molecule has 1 aliphatic rings. The van der Waals surface area contributed by atoms with E-state index in [1.165, 1.54) is 0 Å². The molecule has 0 spiro atoms. The monoisotopic (exact) mass is 147 g/mol. The van der Waals surface area contributed by atoms with Crippen LogP contribution in [0.3, 0.4) is 0 Å². The number of carboxylic acids is 1. The van der Waals surface area contributed by atoms with E-state index in [9.17, 15) is 9.18 Å². The second kappa shape index (κ2) is 2.54. The van der Waals surface area contributed by atoms with Crippen LogP contribution < -0.4 is 5.73 Å². The van der Waals surface area contributed by atoms with Gasteiger partial charge in [0, 0.05) is 0 Å². The van der Waals surface area contributed by atoms with E-state index in [1.807, 2.05) is 0 Å². The van der Waals surface area contributed by atoms with Crippen LogP contribution in [0.15, 0.2) is 0 Å². The fourth-order valence-electron chi connectivity index (χ4n) is 1.08. The first-order chi connectivity index (χ1) is 4.61. The maximum absolute atomic E-state index is 12.1. The third kappa shape index (κ3) is 1.26. The van der Waals surface area contributed by atoms with E-state index in [-0.39, 0.29) is 5.92 Å². The summed E-state index contributed by atoms with van der Waals surface area (Å²) < 4.78 is 12.1. The lowest BCUT2D eigenvalue weighted by Gasteiger charge is -2.31.